The summed E-state index contributed by atoms with van der Waals surface area (Å²) in [6, 6.07) is 0. The SMILES string of the molecule is N#CS(=O)(=O)O.[Cu]. The molecule has 1 radical (unpaired) electrons. The van der Waals surface area contributed by atoms with Crippen LogP contribution in [0.15, 0.2) is 0 Å². The summed E-state index contributed by atoms with van der Waals surface area (Å²) >= 11 is 0. The summed E-state index contributed by atoms with van der Waals surface area (Å²) in [7, 11) is -4.36. The smallest absolute Gasteiger partial charge is 0.274 e. The van der Waals surface area contributed by atoms with Crippen molar-refractivity contribution in [2.24, 2.45) is 0 Å². The van der Waals surface area contributed by atoms with Gasteiger partial charge in [0.2, 0.25) is 5.40 Å². The first-order valence-corrected chi connectivity index (χ1v) is 2.38. The Morgan fingerprint density at radius 3 is 1.71 bits per heavy atom. The molecular formula is CHCuNO3S. The van der Waals surface area contributed by atoms with Crippen LogP contribution in [0, 0.1) is 10.7 Å². The van der Waals surface area contributed by atoms with Crippen LogP contribution in [0.1, 0.15) is 0 Å². The van der Waals surface area contributed by atoms with Crippen LogP contribution >= 0.6 is 0 Å². The van der Waals surface area contributed by atoms with Crippen LogP contribution in [0.2, 0.25) is 0 Å². The quantitative estimate of drug-likeness (QED) is 0.227. The van der Waals surface area contributed by atoms with E-state index in [1.165, 1.54) is 0 Å². The third-order valence-corrected chi connectivity index (χ3v) is 0.346. The Morgan fingerprint density at radius 1 is 1.57 bits per heavy atom. The first kappa shape index (κ1) is 10.0. The van der Waals surface area contributed by atoms with Crippen molar-refractivity contribution in [3.05, 3.63) is 0 Å². The van der Waals surface area contributed by atoms with Gasteiger partial charge in [-0.15, -0.1) is 0 Å². The molecule has 0 aliphatic carbocycles. The van der Waals surface area contributed by atoms with Gasteiger partial charge in [-0.25, -0.2) is 0 Å². The topological polar surface area (TPSA) is 78.2 Å². The van der Waals surface area contributed by atoms with Gasteiger partial charge in [0.25, 0.3) is 0 Å². The fraction of sp³-hybridized carbons (Fsp3) is 0. The van der Waals surface area contributed by atoms with Crippen LogP contribution in [-0.4, -0.2) is 13.0 Å². The molecule has 0 rings (SSSR count). The van der Waals surface area contributed by atoms with Gasteiger partial charge in [0.15, 0.2) is 0 Å². The summed E-state index contributed by atoms with van der Waals surface area (Å²) < 4.78 is 25.8. The van der Waals surface area contributed by atoms with Crippen LogP contribution in [0.5, 0.6) is 0 Å². The van der Waals surface area contributed by atoms with Gasteiger partial charge in [-0.1, -0.05) is 0 Å². The molecule has 0 heterocycles. The summed E-state index contributed by atoms with van der Waals surface area (Å²) in [6.45, 7) is 0. The molecule has 0 aliphatic heterocycles. The van der Waals surface area contributed by atoms with Crippen molar-refractivity contribution in [3.63, 3.8) is 0 Å². The van der Waals surface area contributed by atoms with E-state index < -0.39 is 10.1 Å². The summed E-state index contributed by atoms with van der Waals surface area (Å²) in [5, 5.41) is 7.95. The number of rotatable bonds is 0. The number of nitrogens with zero attached hydrogens (tertiary/aromatic N) is 1. The molecule has 4 nitrogen and oxygen atoms in total. The zero-order valence-electron chi connectivity index (χ0n) is 2.92. The van der Waals surface area contributed by atoms with E-state index in [0.717, 1.165) is 0 Å². The molecule has 0 aromatic rings. The molecule has 0 aromatic carbocycles. The van der Waals surface area contributed by atoms with Gasteiger partial charge in [-0.05, 0) is 0 Å². The van der Waals surface area contributed by atoms with Gasteiger partial charge in [0, 0.05) is 17.1 Å². The Labute approximate surface area is 51.4 Å². The molecule has 0 bridgehead atoms. The summed E-state index contributed by atoms with van der Waals surface area (Å²) in [6.07, 6.45) is 0. The zero-order chi connectivity index (χ0) is 5.21. The number of hydrogen-bond acceptors (Lipinski definition) is 3. The average Bonchev–Trinajstić information content (AvgIpc) is 1.35. The van der Waals surface area contributed by atoms with E-state index in [9.17, 15) is 8.42 Å². The Balaban J connectivity index is 0. The Kier molecular flexibility index (Phi) is 4.28. The minimum atomic E-state index is -4.36. The first-order chi connectivity index (χ1) is 2.56. The van der Waals surface area contributed by atoms with E-state index in [2.05, 4.69) is 0 Å². The molecule has 0 saturated heterocycles. The average molecular weight is 171 g/mol. The molecule has 0 aliphatic rings. The maximum absolute atomic E-state index is 9.19. The van der Waals surface area contributed by atoms with Crippen molar-refractivity contribution in [2.75, 3.05) is 0 Å². The molecule has 0 fully saturated rings. The molecule has 0 saturated carbocycles. The second-order valence-corrected chi connectivity index (χ2v) is 1.70. The molecule has 7 heavy (non-hydrogen) atoms. The minimum Gasteiger partial charge on any atom is -0.274 e. The maximum Gasteiger partial charge on any atom is 0.360 e. The first-order valence-electron chi connectivity index (χ1n) is 0.944. The number of hydrogen-bond donors (Lipinski definition) is 1. The third kappa shape index (κ3) is 10.7. The van der Waals surface area contributed by atoms with E-state index in [0.29, 0.717) is 5.40 Å². The molecule has 0 unspecified atom stereocenters. The summed E-state index contributed by atoms with van der Waals surface area (Å²) in [5.41, 5.74) is 0. The van der Waals surface area contributed by atoms with Crippen molar-refractivity contribution in [2.45, 2.75) is 0 Å². The molecule has 0 spiro atoms. The van der Waals surface area contributed by atoms with E-state index in [1.54, 1.807) is 0 Å². The maximum atomic E-state index is 9.19. The fourth-order valence-electron chi connectivity index (χ4n) is 0. The van der Waals surface area contributed by atoms with Crippen LogP contribution in [0.3, 0.4) is 0 Å². The van der Waals surface area contributed by atoms with Gasteiger partial charge in [-0.2, -0.15) is 13.7 Å². The molecule has 0 aromatic heterocycles. The van der Waals surface area contributed by atoms with Crippen LogP contribution < -0.4 is 0 Å². The molecule has 45 valence electrons. The van der Waals surface area contributed by atoms with Crippen molar-refractivity contribution in [3.8, 4) is 5.40 Å². The van der Waals surface area contributed by atoms with E-state index in [-0.39, 0.29) is 17.1 Å². The molecule has 1 N–H and O–H groups in total. The summed E-state index contributed by atoms with van der Waals surface area (Å²) in [4.78, 5) is 0. The van der Waals surface area contributed by atoms with Gasteiger partial charge in [-0.3, -0.25) is 4.55 Å². The van der Waals surface area contributed by atoms with E-state index in [4.69, 9.17) is 9.81 Å². The molecule has 0 atom stereocenters. The van der Waals surface area contributed by atoms with Crippen molar-refractivity contribution in [1.82, 2.24) is 0 Å². The van der Waals surface area contributed by atoms with Gasteiger partial charge in [0.1, 0.15) is 0 Å². The number of nitriles is 1. The third-order valence-electron chi connectivity index (χ3n) is 0.115. The predicted molar refractivity (Wildman–Crippen MR) is 17.2 cm³/mol. The van der Waals surface area contributed by atoms with Crippen molar-refractivity contribution >= 4 is 10.1 Å². The molecule has 6 heteroatoms. The molecular weight excluding hydrogens is 170 g/mol. The van der Waals surface area contributed by atoms with Gasteiger partial charge >= 0.3 is 10.1 Å². The number of thiocyanates is 1. The normalized spacial score (nSPS) is 8.57. The summed E-state index contributed by atoms with van der Waals surface area (Å²) in [5.74, 6) is 0. The fourth-order valence-corrected chi connectivity index (χ4v) is 0. The largest absolute Gasteiger partial charge is 0.360 e. The standard InChI is InChI=1S/CHNO3S.Cu/c2-1-6(3,4)5;/h(H,3,4,5);. The Hall–Kier alpha value is -0.0805. The predicted octanol–water partition coefficient (Wildman–Crippen LogP) is -0.647. The van der Waals surface area contributed by atoms with E-state index >= 15 is 0 Å². The van der Waals surface area contributed by atoms with Gasteiger partial charge < -0.3 is 0 Å². The van der Waals surface area contributed by atoms with Crippen LogP contribution in [0.25, 0.3) is 0 Å². The molecule has 0 amide bonds. The Morgan fingerprint density at radius 2 is 1.71 bits per heavy atom. The van der Waals surface area contributed by atoms with Crippen LogP contribution in [-0.2, 0) is 27.2 Å². The van der Waals surface area contributed by atoms with Crippen molar-refractivity contribution in [1.29, 1.82) is 5.26 Å². The van der Waals surface area contributed by atoms with Crippen LogP contribution in [0.4, 0.5) is 0 Å². The van der Waals surface area contributed by atoms with Gasteiger partial charge in [0.05, 0.1) is 0 Å². The minimum absolute atomic E-state index is 0. The second kappa shape index (κ2) is 2.99. The van der Waals surface area contributed by atoms with E-state index in [1.807, 2.05) is 0 Å². The van der Waals surface area contributed by atoms with Crippen molar-refractivity contribution < 1.29 is 30.0 Å². The zero-order valence-corrected chi connectivity index (χ0v) is 4.68. The monoisotopic (exact) mass is 170 g/mol. The Bertz CT molecular complexity index is 164. The second-order valence-electron chi connectivity index (χ2n) is 0.566.